The molecule has 0 spiro atoms. The molecule has 128 valence electrons. The quantitative estimate of drug-likeness (QED) is 0.708. The first-order valence-electron chi connectivity index (χ1n) is 8.33. The number of aryl methyl sites for hydroxylation is 1. The molecule has 1 aliphatic rings. The van der Waals surface area contributed by atoms with Crippen LogP contribution in [0, 0.1) is 0 Å². The topological polar surface area (TPSA) is 61.6 Å². The fourth-order valence-corrected chi connectivity index (χ4v) is 3.32. The number of ether oxygens (including phenoxy) is 2. The molecule has 1 heterocycles. The van der Waals surface area contributed by atoms with Crippen molar-refractivity contribution in [1.29, 1.82) is 0 Å². The second kappa shape index (κ2) is 6.33. The first-order chi connectivity index (χ1) is 12.2. The predicted molar refractivity (Wildman–Crippen MR) is 94.2 cm³/mol. The maximum atomic E-state index is 12.1. The van der Waals surface area contributed by atoms with Gasteiger partial charge in [-0.2, -0.15) is 0 Å². The summed E-state index contributed by atoms with van der Waals surface area (Å²) in [5, 5.41) is 0. The van der Waals surface area contributed by atoms with Gasteiger partial charge in [-0.15, -0.1) is 0 Å². The maximum Gasteiger partial charge on any atom is 0.197 e. The molecule has 0 fully saturated rings. The van der Waals surface area contributed by atoms with Crippen molar-refractivity contribution in [2.24, 2.45) is 0 Å². The molecule has 1 aliphatic carbocycles. The van der Waals surface area contributed by atoms with Crippen LogP contribution >= 0.6 is 0 Å². The highest BCUT2D eigenvalue weighted by Gasteiger charge is 2.21. The second-order valence-electron chi connectivity index (χ2n) is 6.14. The Kier molecular flexibility index (Phi) is 4.01. The minimum absolute atomic E-state index is 0.208. The van der Waals surface area contributed by atoms with Gasteiger partial charge in [0.15, 0.2) is 22.8 Å². The summed E-state index contributed by atoms with van der Waals surface area (Å²) in [6.45, 7) is 0.540. The highest BCUT2D eigenvalue weighted by Crippen LogP contribution is 2.36. The van der Waals surface area contributed by atoms with Gasteiger partial charge in [-0.3, -0.25) is 4.79 Å². The van der Waals surface area contributed by atoms with Gasteiger partial charge in [-0.25, -0.2) is 4.98 Å². The smallest absolute Gasteiger partial charge is 0.197 e. The molecule has 3 aromatic rings. The summed E-state index contributed by atoms with van der Waals surface area (Å²) in [6, 6.07) is 9.87. The molecule has 0 bridgehead atoms. The molecule has 5 heteroatoms. The lowest BCUT2D eigenvalue weighted by molar-refractivity contribution is 0.0994. The van der Waals surface area contributed by atoms with Crippen LogP contribution in [0.4, 0.5) is 0 Å². The summed E-state index contributed by atoms with van der Waals surface area (Å²) in [4.78, 5) is 16.6. The molecule has 0 amide bonds. The molecule has 25 heavy (non-hydrogen) atoms. The zero-order chi connectivity index (χ0) is 17.4. The first kappa shape index (κ1) is 15.8. The molecule has 0 N–H and O–H groups in total. The van der Waals surface area contributed by atoms with Crippen molar-refractivity contribution in [3.8, 4) is 16.9 Å². The summed E-state index contributed by atoms with van der Waals surface area (Å²) < 4.78 is 16.5. The number of benzene rings is 2. The van der Waals surface area contributed by atoms with Gasteiger partial charge in [0.1, 0.15) is 5.75 Å². The van der Waals surface area contributed by atoms with E-state index in [0.29, 0.717) is 42.2 Å². The van der Waals surface area contributed by atoms with Crippen LogP contribution in [-0.4, -0.2) is 31.6 Å². The molecule has 0 saturated heterocycles. The van der Waals surface area contributed by atoms with Crippen molar-refractivity contribution in [2.75, 3.05) is 20.8 Å². The molecular formula is C20H19NO4. The van der Waals surface area contributed by atoms with Gasteiger partial charge in [-0.05, 0) is 35.7 Å². The van der Waals surface area contributed by atoms with Gasteiger partial charge in [0.05, 0.1) is 13.7 Å². The second-order valence-corrected chi connectivity index (χ2v) is 6.14. The van der Waals surface area contributed by atoms with Crippen molar-refractivity contribution in [1.82, 2.24) is 4.98 Å². The SMILES string of the molecule is COCCc1nc2c(OC)ccc(-c3ccc4c(c3)C(=O)CC4)c2o1. The molecular weight excluding hydrogens is 318 g/mol. The van der Waals surface area contributed by atoms with Gasteiger partial charge >= 0.3 is 0 Å². The Hall–Kier alpha value is -2.66. The number of Topliss-reactive ketones (excluding diaryl/α,β-unsaturated/α-hetero) is 1. The molecule has 0 unspecified atom stereocenters. The summed E-state index contributed by atoms with van der Waals surface area (Å²) in [5.41, 5.74) is 5.18. The van der Waals surface area contributed by atoms with Gasteiger partial charge in [-0.1, -0.05) is 12.1 Å². The van der Waals surface area contributed by atoms with Gasteiger partial charge in [0.2, 0.25) is 0 Å². The van der Waals surface area contributed by atoms with E-state index < -0.39 is 0 Å². The zero-order valence-electron chi connectivity index (χ0n) is 14.3. The number of fused-ring (bicyclic) bond motifs is 2. The van der Waals surface area contributed by atoms with Crippen molar-refractivity contribution in [3.63, 3.8) is 0 Å². The van der Waals surface area contributed by atoms with E-state index in [4.69, 9.17) is 13.9 Å². The fraction of sp³-hybridized carbons (Fsp3) is 0.300. The lowest BCUT2D eigenvalue weighted by Crippen LogP contribution is -1.93. The molecule has 2 aromatic carbocycles. The number of aromatic nitrogens is 1. The molecule has 1 aromatic heterocycles. The third kappa shape index (κ3) is 2.70. The normalized spacial score (nSPS) is 13.4. The van der Waals surface area contributed by atoms with Crippen LogP contribution in [0.25, 0.3) is 22.2 Å². The number of carbonyl (C=O) groups excluding carboxylic acids is 1. The highest BCUT2D eigenvalue weighted by atomic mass is 16.5. The van der Waals surface area contributed by atoms with Crippen molar-refractivity contribution < 1.29 is 18.7 Å². The Bertz CT molecular complexity index is 958. The third-order valence-corrected chi connectivity index (χ3v) is 4.63. The third-order valence-electron chi connectivity index (χ3n) is 4.63. The number of hydrogen-bond acceptors (Lipinski definition) is 5. The summed E-state index contributed by atoms with van der Waals surface area (Å²) in [7, 11) is 3.27. The molecule has 0 atom stereocenters. The van der Waals surface area contributed by atoms with Crippen LogP contribution in [0.1, 0.15) is 28.2 Å². The molecule has 4 rings (SSSR count). The zero-order valence-corrected chi connectivity index (χ0v) is 14.3. The number of rotatable bonds is 5. The van der Waals surface area contributed by atoms with E-state index in [1.807, 2.05) is 30.3 Å². The minimum Gasteiger partial charge on any atom is -0.494 e. The van der Waals surface area contributed by atoms with E-state index in [-0.39, 0.29) is 5.78 Å². The Balaban J connectivity index is 1.86. The maximum absolute atomic E-state index is 12.1. The largest absolute Gasteiger partial charge is 0.494 e. The van der Waals surface area contributed by atoms with Crippen LogP contribution in [0.5, 0.6) is 5.75 Å². The average molecular weight is 337 g/mol. The average Bonchev–Trinajstić information content (AvgIpc) is 3.23. The van der Waals surface area contributed by atoms with Crippen LogP contribution in [-0.2, 0) is 17.6 Å². The standard InChI is InChI=1S/C20H19NO4/c1-23-10-9-18-21-19-17(24-2)8-6-14(20(19)25-18)13-4-3-12-5-7-16(22)15(12)11-13/h3-4,6,8,11H,5,7,9-10H2,1-2H3. The number of methoxy groups -OCH3 is 2. The van der Waals surface area contributed by atoms with Crippen molar-refractivity contribution in [2.45, 2.75) is 19.3 Å². The van der Waals surface area contributed by atoms with Crippen molar-refractivity contribution in [3.05, 3.63) is 47.3 Å². The van der Waals surface area contributed by atoms with E-state index in [1.54, 1.807) is 14.2 Å². The number of ketones is 1. The van der Waals surface area contributed by atoms with Crippen LogP contribution in [0.3, 0.4) is 0 Å². The Morgan fingerprint density at radius 1 is 1.12 bits per heavy atom. The minimum atomic E-state index is 0.208. The lowest BCUT2D eigenvalue weighted by Gasteiger charge is -2.07. The van der Waals surface area contributed by atoms with E-state index >= 15 is 0 Å². The molecule has 0 radical (unpaired) electrons. The van der Waals surface area contributed by atoms with E-state index in [0.717, 1.165) is 28.7 Å². The van der Waals surface area contributed by atoms with Crippen LogP contribution in [0.15, 0.2) is 34.7 Å². The number of carbonyl (C=O) groups is 1. The lowest BCUT2D eigenvalue weighted by atomic mass is 9.99. The van der Waals surface area contributed by atoms with Crippen LogP contribution in [0.2, 0.25) is 0 Å². The first-order valence-corrected chi connectivity index (χ1v) is 8.33. The van der Waals surface area contributed by atoms with E-state index in [1.165, 1.54) is 0 Å². The van der Waals surface area contributed by atoms with Crippen molar-refractivity contribution >= 4 is 16.9 Å². The summed E-state index contributed by atoms with van der Waals surface area (Å²) in [5.74, 6) is 1.49. The number of oxazole rings is 1. The Labute approximate surface area is 145 Å². The summed E-state index contributed by atoms with van der Waals surface area (Å²) >= 11 is 0. The summed E-state index contributed by atoms with van der Waals surface area (Å²) in [6.07, 6.45) is 2.02. The Morgan fingerprint density at radius 3 is 2.80 bits per heavy atom. The van der Waals surface area contributed by atoms with Crippen LogP contribution < -0.4 is 4.74 Å². The highest BCUT2D eigenvalue weighted by molar-refractivity contribution is 6.02. The number of nitrogens with zero attached hydrogens (tertiary/aromatic N) is 1. The fourth-order valence-electron chi connectivity index (χ4n) is 3.32. The van der Waals surface area contributed by atoms with E-state index in [2.05, 4.69) is 4.98 Å². The van der Waals surface area contributed by atoms with Gasteiger partial charge in [0, 0.05) is 31.1 Å². The van der Waals surface area contributed by atoms with E-state index in [9.17, 15) is 4.79 Å². The van der Waals surface area contributed by atoms with Gasteiger partial charge in [0.25, 0.3) is 0 Å². The molecule has 0 aliphatic heterocycles. The molecule has 0 saturated carbocycles. The number of hydrogen-bond donors (Lipinski definition) is 0. The Morgan fingerprint density at radius 2 is 2.00 bits per heavy atom. The monoisotopic (exact) mass is 337 g/mol. The van der Waals surface area contributed by atoms with Gasteiger partial charge < -0.3 is 13.9 Å². The molecule has 5 nitrogen and oxygen atoms in total. The predicted octanol–water partition coefficient (Wildman–Crippen LogP) is 3.82.